The molecule has 0 aliphatic carbocycles. The van der Waals surface area contributed by atoms with Crippen LogP contribution in [0.4, 0.5) is 0 Å². The second-order valence-electron chi connectivity index (χ2n) is 4.77. The molecule has 1 saturated heterocycles. The topological polar surface area (TPSA) is 76.9 Å². The molecule has 0 amide bonds. The summed E-state index contributed by atoms with van der Waals surface area (Å²) < 4.78 is 11.0. The number of ether oxygens (including phenoxy) is 1. The number of nitrogens with two attached hydrogens (primary N) is 1. The zero-order valence-corrected chi connectivity index (χ0v) is 11.6. The van der Waals surface area contributed by atoms with Crippen molar-refractivity contribution in [1.29, 1.82) is 0 Å². The molecule has 19 heavy (non-hydrogen) atoms. The van der Waals surface area contributed by atoms with Crippen molar-refractivity contribution >= 4 is 5.96 Å². The van der Waals surface area contributed by atoms with E-state index in [2.05, 4.69) is 16.9 Å². The molecule has 1 aliphatic heterocycles. The zero-order valence-electron chi connectivity index (χ0n) is 11.6. The maximum Gasteiger partial charge on any atom is 0.194 e. The van der Waals surface area contributed by atoms with Crippen LogP contribution in [0, 0.1) is 0 Å². The van der Waals surface area contributed by atoms with Gasteiger partial charge in [0.2, 0.25) is 0 Å². The van der Waals surface area contributed by atoms with E-state index in [0.717, 1.165) is 37.6 Å². The van der Waals surface area contributed by atoms with Crippen molar-refractivity contribution in [1.82, 2.24) is 9.88 Å². The molecule has 0 saturated carbocycles. The first-order chi connectivity index (χ1) is 9.19. The molecule has 2 N–H and O–H groups in total. The Morgan fingerprint density at radius 3 is 3.21 bits per heavy atom. The highest BCUT2D eigenvalue weighted by atomic mass is 16.5. The molecule has 1 unspecified atom stereocenters. The normalized spacial score (nSPS) is 20.8. The predicted octanol–water partition coefficient (Wildman–Crippen LogP) is 1.16. The van der Waals surface area contributed by atoms with Gasteiger partial charge in [-0.3, -0.25) is 0 Å². The third-order valence-electron chi connectivity index (χ3n) is 3.03. The lowest BCUT2D eigenvalue weighted by molar-refractivity contribution is 0.00528. The van der Waals surface area contributed by atoms with Crippen LogP contribution >= 0.6 is 0 Å². The number of aromatic nitrogens is 1. The molecule has 2 rings (SSSR count). The van der Waals surface area contributed by atoms with Crippen LogP contribution in [0.25, 0.3) is 0 Å². The number of morpholine rings is 1. The Morgan fingerprint density at radius 2 is 2.47 bits per heavy atom. The molecule has 1 aromatic rings. The average molecular weight is 266 g/mol. The molecule has 1 aromatic heterocycles. The lowest BCUT2D eigenvalue weighted by atomic mass is 10.3. The average Bonchev–Trinajstić information content (AvgIpc) is 2.84. The van der Waals surface area contributed by atoms with E-state index in [1.54, 1.807) is 6.20 Å². The summed E-state index contributed by atoms with van der Waals surface area (Å²) in [7, 11) is 0. The van der Waals surface area contributed by atoms with Gasteiger partial charge in [-0.25, -0.2) is 9.98 Å². The molecule has 2 heterocycles. The van der Waals surface area contributed by atoms with E-state index in [1.807, 2.05) is 11.8 Å². The van der Waals surface area contributed by atoms with Crippen molar-refractivity contribution in [2.45, 2.75) is 39.3 Å². The molecule has 0 spiro atoms. The van der Waals surface area contributed by atoms with Crippen LogP contribution in [-0.4, -0.2) is 41.6 Å². The maximum absolute atomic E-state index is 5.98. The highest BCUT2D eigenvalue weighted by Gasteiger charge is 2.18. The highest BCUT2D eigenvalue weighted by molar-refractivity contribution is 5.78. The van der Waals surface area contributed by atoms with Gasteiger partial charge in [0.05, 0.1) is 18.9 Å². The fourth-order valence-corrected chi connectivity index (χ4v) is 2.04. The first-order valence-corrected chi connectivity index (χ1v) is 6.79. The van der Waals surface area contributed by atoms with E-state index < -0.39 is 0 Å². The maximum atomic E-state index is 5.98. The number of hydrogen-bond donors (Lipinski definition) is 1. The number of aliphatic imine (C=N–C) groups is 1. The van der Waals surface area contributed by atoms with Crippen LogP contribution in [0.5, 0.6) is 0 Å². The Kier molecular flexibility index (Phi) is 4.79. The van der Waals surface area contributed by atoms with Crippen LogP contribution in [-0.2, 0) is 17.7 Å². The van der Waals surface area contributed by atoms with Crippen LogP contribution in [0.15, 0.2) is 15.6 Å². The van der Waals surface area contributed by atoms with Crippen LogP contribution in [0.1, 0.15) is 31.9 Å². The van der Waals surface area contributed by atoms with Gasteiger partial charge in [0.1, 0.15) is 12.3 Å². The number of hydrogen-bond acceptors (Lipinski definition) is 4. The summed E-state index contributed by atoms with van der Waals surface area (Å²) in [6.45, 7) is 6.84. The summed E-state index contributed by atoms with van der Waals surface area (Å²) in [6, 6.07) is 0. The van der Waals surface area contributed by atoms with E-state index >= 15 is 0 Å². The van der Waals surface area contributed by atoms with E-state index in [9.17, 15) is 0 Å². The summed E-state index contributed by atoms with van der Waals surface area (Å²) >= 11 is 0. The molecule has 6 nitrogen and oxygen atoms in total. The van der Waals surface area contributed by atoms with Crippen molar-refractivity contribution < 1.29 is 9.15 Å². The van der Waals surface area contributed by atoms with Crippen LogP contribution < -0.4 is 5.73 Å². The summed E-state index contributed by atoms with van der Waals surface area (Å²) in [4.78, 5) is 10.6. The lowest BCUT2D eigenvalue weighted by Crippen LogP contribution is -2.47. The van der Waals surface area contributed by atoms with Crippen molar-refractivity contribution in [3.05, 3.63) is 17.8 Å². The Bertz CT molecular complexity index is 430. The summed E-state index contributed by atoms with van der Waals surface area (Å²) in [6.07, 6.45) is 3.81. The van der Waals surface area contributed by atoms with Gasteiger partial charge in [-0.1, -0.05) is 6.92 Å². The van der Waals surface area contributed by atoms with Crippen molar-refractivity contribution in [2.75, 3.05) is 19.7 Å². The van der Waals surface area contributed by atoms with E-state index in [1.165, 1.54) is 0 Å². The molecule has 0 aromatic carbocycles. The molecule has 1 aliphatic rings. The summed E-state index contributed by atoms with van der Waals surface area (Å²) in [5.74, 6) is 2.07. The first-order valence-electron chi connectivity index (χ1n) is 6.79. The lowest BCUT2D eigenvalue weighted by Gasteiger charge is -2.31. The summed E-state index contributed by atoms with van der Waals surface area (Å²) in [5.41, 5.74) is 5.98. The minimum Gasteiger partial charge on any atom is -0.444 e. The van der Waals surface area contributed by atoms with Gasteiger partial charge in [0, 0.05) is 19.5 Å². The van der Waals surface area contributed by atoms with Crippen molar-refractivity contribution in [2.24, 2.45) is 10.7 Å². The quantitative estimate of drug-likeness (QED) is 0.653. The second kappa shape index (κ2) is 6.56. The fourth-order valence-electron chi connectivity index (χ4n) is 2.04. The van der Waals surface area contributed by atoms with Gasteiger partial charge >= 0.3 is 0 Å². The monoisotopic (exact) mass is 266 g/mol. The molecule has 1 fully saturated rings. The van der Waals surface area contributed by atoms with Crippen LogP contribution in [0.2, 0.25) is 0 Å². The first kappa shape index (κ1) is 13.9. The SMILES string of the molecule is CCCc1ncc(CN=C(N)N2CCOC(C)C2)o1. The van der Waals surface area contributed by atoms with Gasteiger partial charge in [-0.15, -0.1) is 0 Å². The smallest absolute Gasteiger partial charge is 0.194 e. The molecular formula is C13H22N4O2. The predicted molar refractivity (Wildman–Crippen MR) is 72.8 cm³/mol. The molecule has 6 heteroatoms. The van der Waals surface area contributed by atoms with Crippen LogP contribution in [0.3, 0.4) is 0 Å². The Hall–Kier alpha value is -1.56. The van der Waals surface area contributed by atoms with Gasteiger partial charge in [0.15, 0.2) is 11.9 Å². The third kappa shape index (κ3) is 3.96. The molecular weight excluding hydrogens is 244 g/mol. The van der Waals surface area contributed by atoms with Gasteiger partial charge in [0.25, 0.3) is 0 Å². The number of aryl methyl sites for hydroxylation is 1. The van der Waals surface area contributed by atoms with E-state index in [-0.39, 0.29) is 6.10 Å². The Labute approximate surface area is 113 Å². The molecule has 0 bridgehead atoms. The number of rotatable bonds is 4. The largest absolute Gasteiger partial charge is 0.444 e. The van der Waals surface area contributed by atoms with Crippen molar-refractivity contribution in [3.8, 4) is 0 Å². The van der Waals surface area contributed by atoms with Gasteiger partial charge in [-0.05, 0) is 13.3 Å². The second-order valence-corrected chi connectivity index (χ2v) is 4.77. The number of oxazole rings is 1. The highest BCUT2D eigenvalue weighted by Crippen LogP contribution is 2.08. The number of nitrogens with zero attached hydrogens (tertiary/aromatic N) is 3. The Morgan fingerprint density at radius 1 is 1.63 bits per heavy atom. The molecule has 1 atom stereocenters. The molecule has 0 radical (unpaired) electrons. The standard InChI is InChI=1S/C13H22N4O2/c1-3-4-12-15-7-11(19-12)8-16-13(14)17-5-6-18-10(2)9-17/h7,10H,3-6,8-9H2,1-2H3,(H2,14,16). The Balaban J connectivity index is 1.89. The van der Waals surface area contributed by atoms with Gasteiger partial charge < -0.3 is 19.8 Å². The minimum absolute atomic E-state index is 0.198. The fraction of sp³-hybridized carbons (Fsp3) is 0.692. The summed E-state index contributed by atoms with van der Waals surface area (Å²) in [5, 5.41) is 0. The minimum atomic E-state index is 0.198. The van der Waals surface area contributed by atoms with E-state index in [4.69, 9.17) is 14.9 Å². The van der Waals surface area contributed by atoms with E-state index in [0.29, 0.717) is 19.1 Å². The molecule has 106 valence electrons. The zero-order chi connectivity index (χ0) is 13.7. The number of guanidine groups is 1. The van der Waals surface area contributed by atoms with Gasteiger partial charge in [-0.2, -0.15) is 0 Å². The van der Waals surface area contributed by atoms with Crippen molar-refractivity contribution in [3.63, 3.8) is 0 Å². The third-order valence-corrected chi connectivity index (χ3v) is 3.03.